The second-order valence-corrected chi connectivity index (χ2v) is 4.10. The summed E-state index contributed by atoms with van der Waals surface area (Å²) in [7, 11) is 3.22. The molecule has 1 aromatic heterocycles. The van der Waals surface area contributed by atoms with Crippen LogP contribution >= 0.6 is 0 Å². The van der Waals surface area contributed by atoms with Crippen molar-refractivity contribution in [3.8, 4) is 0 Å². The highest BCUT2D eigenvalue weighted by Crippen LogP contribution is 2.30. The molecule has 1 aromatic rings. The fourth-order valence-corrected chi connectivity index (χ4v) is 1.52. The summed E-state index contributed by atoms with van der Waals surface area (Å²) in [4.78, 5) is 32.8. The maximum absolute atomic E-state index is 11.8. The molecule has 0 saturated carbocycles. The summed E-state index contributed by atoms with van der Waals surface area (Å²) >= 11 is 0. The van der Waals surface area contributed by atoms with Gasteiger partial charge in [0, 0.05) is 20.6 Å². The van der Waals surface area contributed by atoms with Crippen molar-refractivity contribution in [2.75, 3.05) is 37.5 Å². The molecule has 0 atom stereocenters. The Morgan fingerprint density at radius 3 is 2.60 bits per heavy atom. The van der Waals surface area contributed by atoms with Crippen LogP contribution in [0.2, 0.25) is 0 Å². The molecule has 1 rings (SSSR count). The van der Waals surface area contributed by atoms with Gasteiger partial charge in [-0.05, 0) is 6.92 Å². The van der Waals surface area contributed by atoms with Crippen LogP contribution in [0, 0.1) is 10.1 Å². The third kappa shape index (κ3) is 3.29. The zero-order valence-electron chi connectivity index (χ0n) is 11.5. The van der Waals surface area contributed by atoms with E-state index in [4.69, 9.17) is 5.84 Å². The van der Waals surface area contributed by atoms with Crippen LogP contribution < -0.4 is 16.2 Å². The van der Waals surface area contributed by atoms with Crippen molar-refractivity contribution in [1.29, 1.82) is 0 Å². The minimum absolute atomic E-state index is 0.0225. The fourth-order valence-electron chi connectivity index (χ4n) is 1.52. The molecule has 0 aromatic carbocycles. The number of nitrogen functional groups attached to an aromatic ring is 1. The first kappa shape index (κ1) is 15.6. The van der Waals surface area contributed by atoms with E-state index in [0.29, 0.717) is 6.54 Å². The number of nitrogens with one attached hydrogen (secondary N) is 1. The van der Waals surface area contributed by atoms with Gasteiger partial charge in [-0.1, -0.05) is 0 Å². The Morgan fingerprint density at radius 1 is 1.50 bits per heavy atom. The molecule has 0 fully saturated rings. The van der Waals surface area contributed by atoms with Gasteiger partial charge in [0.2, 0.25) is 17.5 Å². The van der Waals surface area contributed by atoms with Crippen LogP contribution in [0.3, 0.4) is 0 Å². The molecule has 1 amide bonds. The minimum Gasteiger partial charge on any atom is -0.347 e. The summed E-state index contributed by atoms with van der Waals surface area (Å²) in [5.74, 6) is 4.97. The number of hydrogen-bond donors (Lipinski definition) is 2. The molecule has 10 nitrogen and oxygen atoms in total. The summed E-state index contributed by atoms with van der Waals surface area (Å²) in [6, 6.07) is 0. The van der Waals surface area contributed by atoms with Crippen LogP contribution in [0.1, 0.15) is 6.92 Å². The van der Waals surface area contributed by atoms with Gasteiger partial charge in [-0.3, -0.25) is 14.9 Å². The van der Waals surface area contributed by atoms with E-state index < -0.39 is 4.92 Å². The molecule has 20 heavy (non-hydrogen) atoms. The topological polar surface area (TPSA) is 131 Å². The van der Waals surface area contributed by atoms with Gasteiger partial charge in [0.1, 0.15) is 6.33 Å². The van der Waals surface area contributed by atoms with Gasteiger partial charge in [-0.15, -0.1) is 0 Å². The first-order chi connectivity index (χ1) is 9.42. The van der Waals surface area contributed by atoms with E-state index in [0.717, 1.165) is 6.33 Å². The highest BCUT2D eigenvalue weighted by Gasteiger charge is 2.27. The number of amides is 1. The van der Waals surface area contributed by atoms with Gasteiger partial charge < -0.3 is 15.2 Å². The maximum atomic E-state index is 11.8. The predicted molar refractivity (Wildman–Crippen MR) is 73.1 cm³/mol. The van der Waals surface area contributed by atoms with Crippen molar-refractivity contribution >= 4 is 23.2 Å². The number of nitrogens with two attached hydrogens (primary N) is 1. The molecule has 0 spiro atoms. The molecule has 0 bridgehead atoms. The third-order valence-electron chi connectivity index (χ3n) is 2.63. The van der Waals surface area contributed by atoms with E-state index in [1.165, 1.54) is 9.80 Å². The quantitative estimate of drug-likeness (QED) is 0.409. The zero-order chi connectivity index (χ0) is 15.3. The number of aromatic nitrogens is 2. The monoisotopic (exact) mass is 283 g/mol. The Labute approximate surface area is 115 Å². The second kappa shape index (κ2) is 6.61. The van der Waals surface area contributed by atoms with E-state index in [1.54, 1.807) is 21.0 Å². The number of rotatable bonds is 6. The van der Waals surface area contributed by atoms with Crippen molar-refractivity contribution in [3.63, 3.8) is 0 Å². The molecule has 0 radical (unpaired) electrons. The molecule has 0 aliphatic carbocycles. The summed E-state index contributed by atoms with van der Waals surface area (Å²) in [5, 5.41) is 11.1. The molecular weight excluding hydrogens is 266 g/mol. The van der Waals surface area contributed by atoms with Crippen molar-refractivity contribution < 1.29 is 9.72 Å². The number of nitro groups is 1. The zero-order valence-corrected chi connectivity index (χ0v) is 11.5. The number of carbonyl (C=O) groups excluding carboxylic acids is 1. The van der Waals surface area contributed by atoms with E-state index in [2.05, 4.69) is 15.4 Å². The molecule has 110 valence electrons. The standard InChI is InChI=1S/C10H17N7O3/c1-4-16(5-7(18)15(2)3)10-8(17(19)20)9(14-11)12-6-13-10/h6H,4-5,11H2,1-3H3,(H,12,13,14). The Bertz CT molecular complexity index is 506. The van der Waals surface area contributed by atoms with Crippen LogP contribution in [0.15, 0.2) is 6.33 Å². The lowest BCUT2D eigenvalue weighted by Gasteiger charge is -2.23. The van der Waals surface area contributed by atoms with Crippen LogP contribution in [0.5, 0.6) is 0 Å². The Balaban J connectivity index is 3.21. The lowest BCUT2D eigenvalue weighted by atomic mass is 10.3. The molecule has 0 unspecified atom stereocenters. The average Bonchev–Trinajstić information content (AvgIpc) is 2.43. The Kier molecular flexibility index (Phi) is 5.15. The van der Waals surface area contributed by atoms with Gasteiger partial charge in [0.25, 0.3) is 0 Å². The van der Waals surface area contributed by atoms with Gasteiger partial charge in [-0.25, -0.2) is 15.8 Å². The SMILES string of the molecule is CCN(CC(=O)N(C)C)c1ncnc(NN)c1[N+](=O)[O-]. The van der Waals surface area contributed by atoms with Crippen molar-refractivity contribution in [1.82, 2.24) is 14.9 Å². The lowest BCUT2D eigenvalue weighted by molar-refractivity contribution is -0.383. The Morgan fingerprint density at radius 2 is 2.15 bits per heavy atom. The predicted octanol–water partition coefficient (Wildman–Crippen LogP) is -0.415. The minimum atomic E-state index is -0.632. The normalized spacial score (nSPS) is 10.0. The van der Waals surface area contributed by atoms with Crippen LogP contribution in [0.25, 0.3) is 0 Å². The third-order valence-corrected chi connectivity index (χ3v) is 2.63. The molecular formula is C10H17N7O3. The van der Waals surface area contributed by atoms with Crippen LogP contribution in [-0.4, -0.2) is 52.9 Å². The molecule has 0 aliphatic heterocycles. The number of likely N-dealkylation sites (N-methyl/N-ethyl adjacent to an activating group) is 2. The van der Waals surface area contributed by atoms with Crippen molar-refractivity contribution in [3.05, 3.63) is 16.4 Å². The summed E-state index contributed by atoms with van der Waals surface area (Å²) in [6.07, 6.45) is 1.15. The molecule has 3 N–H and O–H groups in total. The van der Waals surface area contributed by atoms with E-state index in [-0.39, 0.29) is 29.8 Å². The van der Waals surface area contributed by atoms with Crippen LogP contribution in [-0.2, 0) is 4.79 Å². The molecule has 1 heterocycles. The van der Waals surface area contributed by atoms with Gasteiger partial charge >= 0.3 is 5.69 Å². The fraction of sp³-hybridized carbons (Fsp3) is 0.500. The van der Waals surface area contributed by atoms with Gasteiger partial charge in [0.15, 0.2) is 0 Å². The van der Waals surface area contributed by atoms with Crippen molar-refractivity contribution in [2.24, 2.45) is 5.84 Å². The van der Waals surface area contributed by atoms with Crippen LogP contribution in [0.4, 0.5) is 17.3 Å². The lowest BCUT2D eigenvalue weighted by Crippen LogP contribution is -2.37. The van der Waals surface area contributed by atoms with E-state index in [9.17, 15) is 14.9 Å². The van der Waals surface area contributed by atoms with E-state index in [1.807, 2.05) is 0 Å². The van der Waals surface area contributed by atoms with Gasteiger partial charge in [-0.2, -0.15) is 0 Å². The summed E-state index contributed by atoms with van der Waals surface area (Å²) in [6.45, 7) is 2.12. The number of nitrogens with zero attached hydrogens (tertiary/aromatic N) is 5. The highest BCUT2D eigenvalue weighted by molar-refractivity contribution is 5.82. The number of carbonyl (C=O) groups is 1. The van der Waals surface area contributed by atoms with Gasteiger partial charge in [0.05, 0.1) is 11.5 Å². The Hall–Kier alpha value is -2.49. The number of hydrazine groups is 1. The second-order valence-electron chi connectivity index (χ2n) is 4.10. The first-order valence-corrected chi connectivity index (χ1v) is 5.83. The highest BCUT2D eigenvalue weighted by atomic mass is 16.6. The van der Waals surface area contributed by atoms with E-state index >= 15 is 0 Å². The number of hydrogen-bond acceptors (Lipinski definition) is 8. The maximum Gasteiger partial charge on any atom is 0.354 e. The number of anilines is 2. The largest absolute Gasteiger partial charge is 0.354 e. The summed E-state index contributed by atoms with van der Waals surface area (Å²) < 4.78 is 0. The molecule has 0 saturated heterocycles. The molecule has 10 heteroatoms. The first-order valence-electron chi connectivity index (χ1n) is 5.83. The average molecular weight is 283 g/mol. The summed E-state index contributed by atoms with van der Waals surface area (Å²) in [5.41, 5.74) is 1.80. The molecule has 0 aliphatic rings. The van der Waals surface area contributed by atoms with Crippen molar-refractivity contribution in [2.45, 2.75) is 6.92 Å². The smallest absolute Gasteiger partial charge is 0.347 e.